The van der Waals surface area contributed by atoms with Crippen LogP contribution in [0.1, 0.15) is 41.4 Å². The molecule has 1 aliphatic heterocycles. The Morgan fingerprint density at radius 1 is 0.771 bits per heavy atom. The van der Waals surface area contributed by atoms with Crippen LogP contribution in [0, 0.1) is 0 Å². The summed E-state index contributed by atoms with van der Waals surface area (Å²) in [7, 11) is 1.52. The van der Waals surface area contributed by atoms with Crippen molar-refractivity contribution in [3.63, 3.8) is 0 Å². The largest absolute Gasteiger partial charge is 0.497 e. The van der Waals surface area contributed by atoms with Crippen molar-refractivity contribution < 1.29 is 28.7 Å². The third-order valence-electron chi connectivity index (χ3n) is 5.88. The summed E-state index contributed by atoms with van der Waals surface area (Å²) < 4.78 is 10.2. The second kappa shape index (κ2) is 8.87. The van der Waals surface area contributed by atoms with Crippen molar-refractivity contribution >= 4 is 40.0 Å². The Labute approximate surface area is 200 Å². The molecule has 0 fully saturated rings. The first kappa shape index (κ1) is 22.0. The summed E-state index contributed by atoms with van der Waals surface area (Å²) >= 11 is 0. The highest BCUT2D eigenvalue weighted by Gasteiger charge is 2.38. The molecular weight excluding hydrogens is 446 g/mol. The number of hydrogen-bond acceptors (Lipinski definition) is 6. The number of esters is 1. The number of ketones is 1. The van der Waals surface area contributed by atoms with Crippen molar-refractivity contribution in [2.24, 2.45) is 0 Å². The number of ether oxygens (including phenoxy) is 2. The van der Waals surface area contributed by atoms with Crippen LogP contribution in [-0.2, 0) is 4.74 Å². The van der Waals surface area contributed by atoms with Gasteiger partial charge < -0.3 is 9.47 Å². The molecule has 4 aromatic carbocycles. The van der Waals surface area contributed by atoms with Gasteiger partial charge in [0.25, 0.3) is 11.8 Å². The fraction of sp³-hybridized carbons (Fsp3) is 0.0714. The number of imide groups is 1. The van der Waals surface area contributed by atoms with Crippen LogP contribution in [0.2, 0.25) is 0 Å². The van der Waals surface area contributed by atoms with E-state index in [9.17, 15) is 19.2 Å². The molecule has 172 valence electrons. The summed E-state index contributed by atoms with van der Waals surface area (Å²) in [6.45, 7) is -0.461. The fourth-order valence-electron chi connectivity index (χ4n) is 4.06. The number of carbonyl (C=O) groups is 4. The highest BCUT2D eigenvalue weighted by Crippen LogP contribution is 2.34. The van der Waals surface area contributed by atoms with Crippen LogP contribution in [0.25, 0.3) is 10.8 Å². The quantitative estimate of drug-likeness (QED) is 0.233. The van der Waals surface area contributed by atoms with Gasteiger partial charge in [-0.05, 0) is 53.9 Å². The lowest BCUT2D eigenvalue weighted by atomic mass is 10.1. The number of hydrogen-bond donors (Lipinski definition) is 0. The number of anilines is 1. The van der Waals surface area contributed by atoms with Crippen LogP contribution >= 0.6 is 0 Å². The molecule has 0 atom stereocenters. The van der Waals surface area contributed by atoms with Crippen molar-refractivity contribution in [2.45, 2.75) is 0 Å². The summed E-state index contributed by atoms with van der Waals surface area (Å²) in [4.78, 5) is 52.4. The molecule has 0 aromatic heterocycles. The van der Waals surface area contributed by atoms with Crippen LogP contribution < -0.4 is 9.64 Å². The van der Waals surface area contributed by atoms with Gasteiger partial charge in [0.05, 0.1) is 29.5 Å². The molecule has 2 amide bonds. The first-order valence-corrected chi connectivity index (χ1v) is 10.8. The SMILES string of the molecule is COc1ccc(C(=O)COC(=O)c2ccc3c(c2)C(=O)N(c2cccc4ccccc24)C3=O)cc1. The zero-order chi connectivity index (χ0) is 24.5. The smallest absolute Gasteiger partial charge is 0.338 e. The number of rotatable bonds is 6. The second-order valence-corrected chi connectivity index (χ2v) is 7.93. The van der Waals surface area contributed by atoms with E-state index in [0.717, 1.165) is 15.7 Å². The molecule has 0 saturated heterocycles. The zero-order valence-electron chi connectivity index (χ0n) is 18.7. The van der Waals surface area contributed by atoms with Gasteiger partial charge in [0.1, 0.15) is 5.75 Å². The van der Waals surface area contributed by atoms with E-state index in [1.165, 1.54) is 25.3 Å². The first-order chi connectivity index (χ1) is 17.0. The number of amides is 2. The van der Waals surface area contributed by atoms with E-state index in [-0.39, 0.29) is 22.5 Å². The molecule has 0 aliphatic carbocycles. The van der Waals surface area contributed by atoms with E-state index in [2.05, 4.69) is 0 Å². The Morgan fingerprint density at radius 3 is 2.23 bits per heavy atom. The summed E-state index contributed by atoms with van der Waals surface area (Å²) in [5, 5.41) is 1.66. The third-order valence-corrected chi connectivity index (χ3v) is 5.88. The third kappa shape index (κ3) is 3.93. The molecule has 5 rings (SSSR count). The molecule has 0 N–H and O–H groups in total. The van der Waals surface area contributed by atoms with E-state index < -0.39 is 24.4 Å². The maximum absolute atomic E-state index is 13.2. The highest BCUT2D eigenvalue weighted by molar-refractivity contribution is 6.36. The lowest BCUT2D eigenvalue weighted by molar-refractivity contribution is 0.0474. The van der Waals surface area contributed by atoms with E-state index in [1.807, 2.05) is 30.3 Å². The van der Waals surface area contributed by atoms with Crippen LogP contribution in [-0.4, -0.2) is 37.3 Å². The minimum Gasteiger partial charge on any atom is -0.497 e. The lowest BCUT2D eigenvalue weighted by Crippen LogP contribution is -2.29. The van der Waals surface area contributed by atoms with Crippen LogP contribution in [0.3, 0.4) is 0 Å². The summed E-state index contributed by atoms with van der Waals surface area (Å²) in [6, 6.07) is 23.5. The molecule has 35 heavy (non-hydrogen) atoms. The molecule has 0 spiro atoms. The Bertz CT molecular complexity index is 1500. The topological polar surface area (TPSA) is 90.0 Å². The number of Topliss-reactive ketones (excluding diaryl/α,β-unsaturated/α-hetero) is 1. The van der Waals surface area contributed by atoms with Gasteiger partial charge in [0.15, 0.2) is 12.4 Å². The molecule has 0 bridgehead atoms. The maximum atomic E-state index is 13.2. The summed E-state index contributed by atoms with van der Waals surface area (Å²) in [5.74, 6) is -1.52. The van der Waals surface area contributed by atoms with E-state index >= 15 is 0 Å². The summed E-state index contributed by atoms with van der Waals surface area (Å²) in [6.07, 6.45) is 0. The van der Waals surface area contributed by atoms with Gasteiger partial charge in [-0.2, -0.15) is 0 Å². The molecule has 0 saturated carbocycles. The standard InChI is InChI=1S/C28H19NO6/c1-34-20-12-9-18(10-13-20)25(30)16-35-28(33)19-11-14-22-23(15-19)27(32)29(26(22)31)24-8-4-6-17-5-2-3-7-21(17)24/h2-15H,16H2,1H3. The molecule has 7 nitrogen and oxygen atoms in total. The number of carbonyl (C=O) groups excluding carboxylic acids is 4. The predicted octanol–water partition coefficient (Wildman–Crippen LogP) is 4.69. The fourth-order valence-corrected chi connectivity index (χ4v) is 4.06. The van der Waals surface area contributed by atoms with Crippen molar-refractivity contribution in [1.29, 1.82) is 0 Å². The van der Waals surface area contributed by atoms with Crippen molar-refractivity contribution in [2.75, 3.05) is 18.6 Å². The second-order valence-electron chi connectivity index (χ2n) is 7.93. The molecule has 7 heteroatoms. The number of nitrogens with zero attached hydrogens (tertiary/aromatic N) is 1. The van der Waals surface area contributed by atoms with Crippen LogP contribution in [0.5, 0.6) is 5.75 Å². The maximum Gasteiger partial charge on any atom is 0.338 e. The molecule has 1 aliphatic rings. The average molecular weight is 465 g/mol. The van der Waals surface area contributed by atoms with Gasteiger partial charge in [-0.25, -0.2) is 9.69 Å². The van der Waals surface area contributed by atoms with Gasteiger partial charge in [-0.1, -0.05) is 36.4 Å². The normalized spacial score (nSPS) is 12.5. The minimum atomic E-state index is -0.765. The Hall–Kier alpha value is -4.78. The predicted molar refractivity (Wildman–Crippen MR) is 129 cm³/mol. The lowest BCUT2D eigenvalue weighted by Gasteiger charge is -2.16. The molecule has 0 radical (unpaired) electrons. The van der Waals surface area contributed by atoms with Crippen LogP contribution in [0.15, 0.2) is 84.9 Å². The molecular formula is C28H19NO6. The minimum absolute atomic E-state index is 0.0761. The van der Waals surface area contributed by atoms with Gasteiger partial charge in [-0.3, -0.25) is 14.4 Å². The van der Waals surface area contributed by atoms with Crippen molar-refractivity contribution in [3.8, 4) is 5.75 Å². The van der Waals surface area contributed by atoms with E-state index in [1.54, 1.807) is 36.4 Å². The van der Waals surface area contributed by atoms with Crippen molar-refractivity contribution in [1.82, 2.24) is 0 Å². The first-order valence-electron chi connectivity index (χ1n) is 10.8. The number of benzene rings is 4. The molecule has 0 unspecified atom stereocenters. The Kier molecular flexibility index (Phi) is 5.58. The van der Waals surface area contributed by atoms with E-state index in [0.29, 0.717) is 17.0 Å². The Morgan fingerprint density at radius 2 is 1.46 bits per heavy atom. The van der Waals surface area contributed by atoms with Gasteiger partial charge in [-0.15, -0.1) is 0 Å². The monoisotopic (exact) mass is 465 g/mol. The van der Waals surface area contributed by atoms with E-state index in [4.69, 9.17) is 9.47 Å². The molecule has 4 aromatic rings. The number of methoxy groups -OCH3 is 1. The average Bonchev–Trinajstić information content (AvgIpc) is 3.15. The van der Waals surface area contributed by atoms with Gasteiger partial charge in [0, 0.05) is 10.9 Å². The van der Waals surface area contributed by atoms with Crippen molar-refractivity contribution in [3.05, 3.63) is 107 Å². The number of fused-ring (bicyclic) bond motifs is 2. The summed E-state index contributed by atoms with van der Waals surface area (Å²) in [5.41, 5.74) is 1.24. The van der Waals surface area contributed by atoms with Gasteiger partial charge >= 0.3 is 5.97 Å². The molecule has 1 heterocycles. The van der Waals surface area contributed by atoms with Crippen LogP contribution in [0.4, 0.5) is 5.69 Å². The zero-order valence-corrected chi connectivity index (χ0v) is 18.7. The van der Waals surface area contributed by atoms with Gasteiger partial charge in [0.2, 0.25) is 0 Å². The highest BCUT2D eigenvalue weighted by atomic mass is 16.5. The Balaban J connectivity index is 1.35.